The maximum atomic E-state index is 12.1. The van der Waals surface area contributed by atoms with Crippen LogP contribution < -0.4 is 5.73 Å². The maximum Gasteiger partial charge on any atom is 0.337 e. The average molecular weight is 300 g/mol. The van der Waals surface area contributed by atoms with Crippen LogP contribution in [0.3, 0.4) is 0 Å². The van der Waals surface area contributed by atoms with Crippen LogP contribution in [-0.4, -0.2) is 45.9 Å². The highest BCUT2D eigenvalue weighted by molar-refractivity contribution is 7.88. The van der Waals surface area contributed by atoms with E-state index in [1.165, 1.54) is 24.5 Å². The van der Waals surface area contributed by atoms with Crippen LogP contribution in [0.15, 0.2) is 24.3 Å². The van der Waals surface area contributed by atoms with Crippen LogP contribution in [0, 0.1) is 0 Å². The number of hydrogen-bond donors (Lipinski definition) is 1. The SMILES string of the molecule is COC(=O)c1cccc(CS(=O)(=O)N(C)CCCN)c1. The zero-order chi connectivity index (χ0) is 15.2. The first kappa shape index (κ1) is 16.6. The molecule has 0 saturated heterocycles. The second-order valence-corrected chi connectivity index (χ2v) is 6.49. The van der Waals surface area contributed by atoms with Crippen LogP contribution in [0.2, 0.25) is 0 Å². The molecule has 0 atom stereocenters. The molecule has 0 unspecified atom stereocenters. The van der Waals surface area contributed by atoms with Gasteiger partial charge in [0.2, 0.25) is 10.0 Å². The number of methoxy groups -OCH3 is 1. The summed E-state index contributed by atoms with van der Waals surface area (Å²) in [6.07, 6.45) is 0.609. The number of hydrogen-bond acceptors (Lipinski definition) is 5. The summed E-state index contributed by atoms with van der Waals surface area (Å²) in [7, 11) is -0.602. The van der Waals surface area contributed by atoms with E-state index >= 15 is 0 Å². The number of nitrogens with two attached hydrogens (primary N) is 1. The first-order valence-corrected chi connectivity index (χ1v) is 7.83. The molecule has 0 radical (unpaired) electrons. The molecule has 1 aromatic rings. The molecule has 112 valence electrons. The molecule has 20 heavy (non-hydrogen) atoms. The predicted octanol–water partition coefficient (Wildman–Crippen LogP) is 0.584. The molecule has 0 aromatic heterocycles. The fraction of sp³-hybridized carbons (Fsp3) is 0.462. The highest BCUT2D eigenvalue weighted by Gasteiger charge is 2.18. The van der Waals surface area contributed by atoms with Crippen molar-refractivity contribution in [2.45, 2.75) is 12.2 Å². The van der Waals surface area contributed by atoms with E-state index in [0.717, 1.165) is 0 Å². The Kier molecular flexibility index (Phi) is 6.12. The van der Waals surface area contributed by atoms with E-state index in [2.05, 4.69) is 4.74 Å². The standard InChI is InChI=1S/C13H20N2O4S/c1-15(8-4-7-14)20(17,18)10-11-5-3-6-12(9-11)13(16)19-2/h3,5-6,9H,4,7-8,10,14H2,1-2H3. The molecule has 6 nitrogen and oxygen atoms in total. The summed E-state index contributed by atoms with van der Waals surface area (Å²) in [6.45, 7) is 0.827. The van der Waals surface area contributed by atoms with Crippen LogP contribution in [0.5, 0.6) is 0 Å². The fourth-order valence-electron chi connectivity index (χ4n) is 1.68. The van der Waals surface area contributed by atoms with Gasteiger partial charge in [-0.2, -0.15) is 0 Å². The van der Waals surface area contributed by atoms with Crippen molar-refractivity contribution < 1.29 is 17.9 Å². The minimum absolute atomic E-state index is 0.154. The van der Waals surface area contributed by atoms with Gasteiger partial charge in [0, 0.05) is 13.6 Å². The number of esters is 1. The number of carbonyl (C=O) groups excluding carboxylic acids is 1. The molecule has 0 aliphatic heterocycles. The van der Waals surface area contributed by atoms with Crippen LogP contribution in [0.1, 0.15) is 22.3 Å². The summed E-state index contributed by atoms with van der Waals surface area (Å²) in [5.74, 6) is -0.639. The number of carbonyl (C=O) groups is 1. The van der Waals surface area contributed by atoms with Gasteiger partial charge in [-0.05, 0) is 30.7 Å². The lowest BCUT2D eigenvalue weighted by Crippen LogP contribution is -2.30. The van der Waals surface area contributed by atoms with Gasteiger partial charge in [0.25, 0.3) is 0 Å². The zero-order valence-electron chi connectivity index (χ0n) is 11.7. The van der Waals surface area contributed by atoms with E-state index in [0.29, 0.717) is 30.6 Å². The van der Waals surface area contributed by atoms with Gasteiger partial charge in [-0.1, -0.05) is 12.1 Å². The number of nitrogens with zero attached hydrogens (tertiary/aromatic N) is 1. The summed E-state index contributed by atoms with van der Waals surface area (Å²) in [6, 6.07) is 6.41. The summed E-state index contributed by atoms with van der Waals surface area (Å²) >= 11 is 0. The first-order chi connectivity index (χ1) is 9.40. The summed E-state index contributed by atoms with van der Waals surface area (Å²) in [5, 5.41) is 0. The van der Waals surface area contributed by atoms with Crippen molar-refractivity contribution in [3.05, 3.63) is 35.4 Å². The Labute approximate surface area is 119 Å². The third kappa shape index (κ3) is 4.59. The van der Waals surface area contributed by atoms with E-state index in [4.69, 9.17) is 5.73 Å². The Morgan fingerprint density at radius 1 is 1.40 bits per heavy atom. The quantitative estimate of drug-likeness (QED) is 0.744. The Balaban J connectivity index is 2.84. The van der Waals surface area contributed by atoms with Gasteiger partial charge < -0.3 is 10.5 Å². The molecule has 0 bridgehead atoms. The highest BCUT2D eigenvalue weighted by atomic mass is 32.2. The average Bonchev–Trinajstić information content (AvgIpc) is 2.43. The second kappa shape index (κ2) is 7.37. The van der Waals surface area contributed by atoms with E-state index in [-0.39, 0.29) is 5.75 Å². The van der Waals surface area contributed by atoms with Gasteiger partial charge >= 0.3 is 5.97 Å². The summed E-state index contributed by atoms with van der Waals surface area (Å²) < 4.78 is 30.1. The normalized spacial score (nSPS) is 11.6. The highest BCUT2D eigenvalue weighted by Crippen LogP contribution is 2.12. The molecule has 0 aliphatic rings. The van der Waals surface area contributed by atoms with Crippen LogP contribution >= 0.6 is 0 Å². The summed E-state index contributed by atoms with van der Waals surface area (Å²) in [4.78, 5) is 11.4. The molecule has 0 aliphatic carbocycles. The molecule has 0 spiro atoms. The van der Waals surface area contributed by atoms with Gasteiger partial charge in [-0.15, -0.1) is 0 Å². The van der Waals surface area contributed by atoms with Crippen LogP contribution in [0.25, 0.3) is 0 Å². The van der Waals surface area contributed by atoms with Crippen LogP contribution in [-0.2, 0) is 20.5 Å². The minimum Gasteiger partial charge on any atom is -0.465 e. The van der Waals surface area contributed by atoms with E-state index in [9.17, 15) is 13.2 Å². The van der Waals surface area contributed by atoms with E-state index < -0.39 is 16.0 Å². The fourth-order valence-corrected chi connectivity index (χ4v) is 2.91. The number of sulfonamides is 1. The summed E-state index contributed by atoms with van der Waals surface area (Å²) in [5.41, 5.74) is 6.25. The zero-order valence-corrected chi connectivity index (χ0v) is 12.5. The molecule has 7 heteroatoms. The van der Waals surface area contributed by atoms with Gasteiger partial charge in [-0.3, -0.25) is 0 Å². The molecular weight excluding hydrogens is 280 g/mol. The van der Waals surface area contributed by atoms with Gasteiger partial charge in [0.05, 0.1) is 18.4 Å². The minimum atomic E-state index is -3.41. The van der Waals surface area contributed by atoms with Crippen molar-refractivity contribution in [3.63, 3.8) is 0 Å². The largest absolute Gasteiger partial charge is 0.465 e. The third-order valence-electron chi connectivity index (χ3n) is 2.85. The number of benzene rings is 1. The molecule has 2 N–H and O–H groups in total. The number of rotatable bonds is 7. The smallest absolute Gasteiger partial charge is 0.337 e. The lowest BCUT2D eigenvalue weighted by atomic mass is 10.1. The Morgan fingerprint density at radius 3 is 2.70 bits per heavy atom. The van der Waals surface area contributed by atoms with Crippen molar-refractivity contribution >= 4 is 16.0 Å². The topological polar surface area (TPSA) is 89.7 Å². The molecule has 1 aromatic carbocycles. The molecule has 0 amide bonds. The Morgan fingerprint density at radius 2 is 2.10 bits per heavy atom. The van der Waals surface area contributed by atoms with Crippen molar-refractivity contribution in [1.82, 2.24) is 4.31 Å². The third-order valence-corrected chi connectivity index (χ3v) is 4.68. The van der Waals surface area contributed by atoms with E-state index in [1.807, 2.05) is 0 Å². The monoisotopic (exact) mass is 300 g/mol. The first-order valence-electron chi connectivity index (χ1n) is 6.22. The van der Waals surface area contributed by atoms with E-state index in [1.54, 1.807) is 18.2 Å². The van der Waals surface area contributed by atoms with Gasteiger partial charge in [0.15, 0.2) is 0 Å². The van der Waals surface area contributed by atoms with Gasteiger partial charge in [0.1, 0.15) is 0 Å². The van der Waals surface area contributed by atoms with Crippen molar-refractivity contribution in [2.75, 3.05) is 27.2 Å². The van der Waals surface area contributed by atoms with Crippen LogP contribution in [0.4, 0.5) is 0 Å². The Bertz CT molecular complexity index is 557. The number of ether oxygens (including phenoxy) is 1. The predicted molar refractivity (Wildman–Crippen MR) is 76.7 cm³/mol. The second-order valence-electron chi connectivity index (χ2n) is 4.41. The van der Waals surface area contributed by atoms with Crippen molar-refractivity contribution in [2.24, 2.45) is 5.73 Å². The molecular formula is C13H20N2O4S. The van der Waals surface area contributed by atoms with Gasteiger partial charge in [-0.25, -0.2) is 17.5 Å². The lowest BCUT2D eigenvalue weighted by molar-refractivity contribution is 0.0600. The Hall–Kier alpha value is -1.44. The van der Waals surface area contributed by atoms with Crippen molar-refractivity contribution in [3.8, 4) is 0 Å². The lowest BCUT2D eigenvalue weighted by Gasteiger charge is -2.16. The van der Waals surface area contributed by atoms with Crippen molar-refractivity contribution in [1.29, 1.82) is 0 Å². The molecule has 1 rings (SSSR count). The molecule has 0 saturated carbocycles. The molecule has 0 fully saturated rings. The maximum absolute atomic E-state index is 12.1. The molecule has 0 heterocycles.